The molecule has 2 aromatic carbocycles. The van der Waals surface area contributed by atoms with Crippen molar-refractivity contribution in [2.75, 3.05) is 0 Å². The summed E-state index contributed by atoms with van der Waals surface area (Å²) in [6.45, 7) is 17.6. The van der Waals surface area contributed by atoms with Crippen molar-refractivity contribution in [2.24, 2.45) is 16.2 Å². The minimum atomic E-state index is -1.02. The quantitative estimate of drug-likeness (QED) is 0.331. The number of rotatable bonds is 7. The average Bonchev–Trinajstić information content (AvgIpc) is 2.92. The average molecular weight is 595 g/mol. The molecule has 0 saturated heterocycles. The van der Waals surface area contributed by atoms with Crippen LogP contribution in [0.5, 0.6) is 5.75 Å². The molecule has 1 N–H and O–H groups in total. The van der Waals surface area contributed by atoms with Crippen LogP contribution >= 0.6 is 0 Å². The molecule has 3 atom stereocenters. The molecule has 0 saturated carbocycles. The normalized spacial score (nSPS) is 26.5. The van der Waals surface area contributed by atoms with Crippen LogP contribution in [-0.4, -0.2) is 28.2 Å². The molecular weight excluding hydrogens is 548 g/mol. The predicted molar refractivity (Wildman–Crippen MR) is 173 cm³/mol. The number of carbonyl (C=O) groups excluding carboxylic acids is 4. The Balaban J connectivity index is 1.62. The first kappa shape index (κ1) is 31.8. The third-order valence-electron chi connectivity index (χ3n) is 11.2. The lowest BCUT2D eigenvalue weighted by Crippen LogP contribution is -2.57. The Morgan fingerprint density at radius 1 is 0.955 bits per heavy atom. The third-order valence-corrected chi connectivity index (χ3v) is 11.2. The smallest absolute Gasteiger partial charge is 0.193 e. The van der Waals surface area contributed by atoms with E-state index >= 15 is 0 Å². The van der Waals surface area contributed by atoms with Gasteiger partial charge in [0.2, 0.25) is 0 Å². The second-order valence-electron chi connectivity index (χ2n) is 14.7. The third kappa shape index (κ3) is 4.66. The summed E-state index contributed by atoms with van der Waals surface area (Å²) in [5, 5.41) is 11.7. The Bertz CT molecular complexity index is 1680. The van der Waals surface area contributed by atoms with Crippen LogP contribution in [0.3, 0.4) is 0 Å². The van der Waals surface area contributed by atoms with E-state index in [9.17, 15) is 24.3 Å². The highest BCUT2D eigenvalue weighted by Gasteiger charge is 2.63. The number of carbonyl (C=O) groups is 4. The Labute approximate surface area is 261 Å². The van der Waals surface area contributed by atoms with E-state index in [0.717, 1.165) is 28.7 Å². The zero-order valence-electron chi connectivity index (χ0n) is 27.8. The van der Waals surface area contributed by atoms with E-state index < -0.39 is 16.2 Å². The Hall–Kier alpha value is -3.60. The molecule has 0 heterocycles. The van der Waals surface area contributed by atoms with Gasteiger partial charge in [-0.2, -0.15) is 0 Å². The van der Waals surface area contributed by atoms with Gasteiger partial charge in [0.15, 0.2) is 17.3 Å². The van der Waals surface area contributed by atoms with Gasteiger partial charge in [-0.1, -0.05) is 76.1 Å². The zero-order chi connectivity index (χ0) is 32.5. The highest BCUT2D eigenvalue weighted by Crippen LogP contribution is 2.66. The molecule has 232 valence electrons. The summed E-state index contributed by atoms with van der Waals surface area (Å²) < 4.78 is 0. The Kier molecular flexibility index (Phi) is 7.80. The molecule has 0 aromatic heterocycles. The molecule has 0 unspecified atom stereocenters. The molecule has 3 aliphatic carbocycles. The van der Waals surface area contributed by atoms with Crippen molar-refractivity contribution in [1.29, 1.82) is 0 Å². The van der Waals surface area contributed by atoms with E-state index in [1.54, 1.807) is 0 Å². The first-order chi connectivity index (χ1) is 20.5. The highest BCUT2D eigenvalue weighted by atomic mass is 16.3. The molecule has 0 fully saturated rings. The molecule has 3 aliphatic rings. The summed E-state index contributed by atoms with van der Waals surface area (Å²) >= 11 is 0. The first-order valence-corrected chi connectivity index (χ1v) is 16.0. The molecule has 0 aliphatic heterocycles. The topological polar surface area (TPSA) is 88.5 Å². The lowest BCUT2D eigenvalue weighted by Gasteiger charge is -2.59. The Morgan fingerprint density at radius 3 is 2.14 bits per heavy atom. The van der Waals surface area contributed by atoms with Gasteiger partial charge in [0.05, 0.1) is 16.6 Å². The van der Waals surface area contributed by atoms with Gasteiger partial charge in [-0.25, -0.2) is 0 Å². The molecule has 5 heteroatoms. The molecule has 2 aromatic rings. The van der Waals surface area contributed by atoms with Crippen molar-refractivity contribution < 1.29 is 24.3 Å². The molecule has 5 rings (SSSR count). The van der Waals surface area contributed by atoms with Gasteiger partial charge in [0.25, 0.3) is 0 Å². The van der Waals surface area contributed by atoms with Gasteiger partial charge in [0, 0.05) is 29.4 Å². The summed E-state index contributed by atoms with van der Waals surface area (Å²) in [4.78, 5) is 54.7. The maximum absolute atomic E-state index is 14.7. The summed E-state index contributed by atoms with van der Waals surface area (Å²) in [5.74, 6) is -0.790. The van der Waals surface area contributed by atoms with Crippen LogP contribution in [0.1, 0.15) is 119 Å². The van der Waals surface area contributed by atoms with Crippen LogP contribution in [0.2, 0.25) is 0 Å². The number of hydrogen-bond donors (Lipinski definition) is 1. The number of fused-ring (bicyclic) bond motifs is 3. The minimum absolute atomic E-state index is 0.0251. The largest absolute Gasteiger partial charge is 0.507 e. The molecule has 0 spiro atoms. The Morgan fingerprint density at radius 2 is 1.57 bits per heavy atom. The van der Waals surface area contributed by atoms with Crippen LogP contribution in [0.15, 0.2) is 52.6 Å². The number of hydrogen-bond acceptors (Lipinski definition) is 5. The minimum Gasteiger partial charge on any atom is -0.507 e. The van der Waals surface area contributed by atoms with Gasteiger partial charge in [-0.3, -0.25) is 19.2 Å². The van der Waals surface area contributed by atoms with Gasteiger partial charge in [-0.05, 0) is 87.0 Å². The number of aryl methyl sites for hydroxylation is 1. The lowest BCUT2D eigenvalue weighted by molar-refractivity contribution is -0.134. The number of phenols is 1. The number of benzene rings is 2. The van der Waals surface area contributed by atoms with Crippen molar-refractivity contribution in [3.63, 3.8) is 0 Å². The van der Waals surface area contributed by atoms with E-state index in [0.29, 0.717) is 36.0 Å². The first-order valence-electron chi connectivity index (χ1n) is 16.0. The van der Waals surface area contributed by atoms with Crippen molar-refractivity contribution >= 4 is 23.1 Å². The second kappa shape index (κ2) is 10.8. The molecule has 44 heavy (non-hydrogen) atoms. The number of aromatic hydroxyl groups is 1. The van der Waals surface area contributed by atoms with Gasteiger partial charge < -0.3 is 5.11 Å². The summed E-state index contributed by atoms with van der Waals surface area (Å²) in [5.41, 5.74) is 5.00. The van der Waals surface area contributed by atoms with Crippen LogP contribution < -0.4 is 0 Å². The van der Waals surface area contributed by atoms with Gasteiger partial charge in [-0.15, -0.1) is 0 Å². The predicted octanol–water partition coefficient (Wildman–Crippen LogP) is 7.79. The lowest BCUT2D eigenvalue weighted by atomic mass is 9.42. The fourth-order valence-electron chi connectivity index (χ4n) is 8.92. The van der Waals surface area contributed by atoms with Crippen molar-refractivity contribution in [2.45, 2.75) is 107 Å². The maximum atomic E-state index is 14.7. The van der Waals surface area contributed by atoms with Crippen molar-refractivity contribution in [1.82, 2.24) is 0 Å². The van der Waals surface area contributed by atoms with Crippen LogP contribution in [0, 0.1) is 16.2 Å². The fourth-order valence-corrected chi connectivity index (χ4v) is 8.92. The fraction of sp³-hybridized carbons (Fsp3) is 0.487. The molecule has 0 radical (unpaired) electrons. The standard InChI is InChI=1S/C39H46O5/c1-10-25-11-13-26(14-12-25)15-28(41)16-27-17-29(21(2)3)30-19-37(7)20-38(8)18-22(4)31(24(6)40)36(44)39(38,9)23(5)33(37)35(43)32(30)34(27)42/h11-14,17,21,42H,10,15-16,18-20H2,1-9H3/t37-,38+,39+/m1/s1. The van der Waals surface area contributed by atoms with E-state index in [1.165, 1.54) is 12.5 Å². The van der Waals surface area contributed by atoms with E-state index in [4.69, 9.17) is 0 Å². The van der Waals surface area contributed by atoms with E-state index in [1.807, 2.05) is 51.1 Å². The maximum Gasteiger partial charge on any atom is 0.193 e. The number of phenolic OH excluding ortho intramolecular Hbond substituents is 1. The molecule has 5 nitrogen and oxygen atoms in total. The monoisotopic (exact) mass is 594 g/mol. The van der Waals surface area contributed by atoms with E-state index in [2.05, 4.69) is 34.6 Å². The molecule has 0 amide bonds. The van der Waals surface area contributed by atoms with Gasteiger partial charge in [0.1, 0.15) is 11.5 Å². The zero-order valence-corrected chi connectivity index (χ0v) is 27.8. The SMILES string of the molecule is CCc1ccc(CC(=O)Cc2cc(C(C)C)c3c(c2O)C(=O)C2=C(C)[C@@]4(C)C(=O)C(C(C)=O)=C(C)C[C@@]4(C)C[C@@]2(C)C3)cc1. The summed E-state index contributed by atoms with van der Waals surface area (Å²) in [6.07, 6.45) is 2.98. The van der Waals surface area contributed by atoms with E-state index in [-0.39, 0.29) is 58.8 Å². The summed E-state index contributed by atoms with van der Waals surface area (Å²) in [6, 6.07) is 9.94. The van der Waals surface area contributed by atoms with Gasteiger partial charge >= 0.3 is 0 Å². The number of allylic oxidation sites excluding steroid dienone is 4. The molecular formula is C39H46O5. The highest BCUT2D eigenvalue weighted by molar-refractivity contribution is 6.24. The summed E-state index contributed by atoms with van der Waals surface area (Å²) in [7, 11) is 0. The van der Waals surface area contributed by atoms with Crippen molar-refractivity contribution in [3.05, 3.63) is 86.0 Å². The second-order valence-corrected chi connectivity index (χ2v) is 14.7. The van der Waals surface area contributed by atoms with Crippen molar-refractivity contribution in [3.8, 4) is 5.75 Å². The van der Waals surface area contributed by atoms with Crippen LogP contribution in [-0.2, 0) is 40.1 Å². The molecule has 0 bridgehead atoms. The number of ketones is 4. The van der Waals surface area contributed by atoms with Crippen LogP contribution in [0.4, 0.5) is 0 Å². The number of Topliss-reactive ketones (excluding diaryl/α,β-unsaturated/α-hetero) is 4. The van der Waals surface area contributed by atoms with Crippen LogP contribution in [0.25, 0.3) is 0 Å².